The summed E-state index contributed by atoms with van der Waals surface area (Å²) in [5.74, 6) is 2.01. The number of aromatic nitrogens is 8. The number of nitrogens with one attached hydrogen (secondary N) is 3. The molecule has 5 aromatic rings. The zero-order chi connectivity index (χ0) is 18.2. The molecule has 9 heteroatoms. The Morgan fingerprint density at radius 3 is 2.89 bits per heavy atom. The van der Waals surface area contributed by atoms with Gasteiger partial charge in [0, 0.05) is 23.4 Å². The van der Waals surface area contributed by atoms with Gasteiger partial charge in [0.2, 0.25) is 0 Å². The molecule has 0 radical (unpaired) electrons. The van der Waals surface area contributed by atoms with Crippen molar-refractivity contribution in [3.05, 3.63) is 59.9 Å². The molecule has 0 aliphatic rings. The summed E-state index contributed by atoms with van der Waals surface area (Å²) in [6.45, 7) is 1.87. The number of pyridine rings is 1. The van der Waals surface area contributed by atoms with Crippen LogP contribution in [0.4, 0.5) is 11.6 Å². The number of H-pyrrole nitrogens is 2. The maximum absolute atomic E-state index is 4.72. The average Bonchev–Trinajstić information content (AvgIpc) is 3.30. The lowest BCUT2D eigenvalue weighted by atomic mass is 10.1. The van der Waals surface area contributed by atoms with Crippen LogP contribution in [-0.2, 0) is 6.42 Å². The summed E-state index contributed by atoms with van der Waals surface area (Å²) in [4.78, 5) is 13.6. The number of hydrogen-bond donors (Lipinski definition) is 3. The molecule has 27 heavy (non-hydrogen) atoms. The molecule has 0 aliphatic heterocycles. The lowest BCUT2D eigenvalue weighted by Crippen LogP contribution is -2.04. The van der Waals surface area contributed by atoms with Crippen molar-refractivity contribution in [1.29, 1.82) is 0 Å². The molecule has 0 fully saturated rings. The number of benzene rings is 1. The Balaban J connectivity index is 1.56. The largest absolute Gasteiger partial charge is 0.321 e. The monoisotopic (exact) mass is 357 g/mol. The fourth-order valence-corrected chi connectivity index (χ4v) is 3.00. The summed E-state index contributed by atoms with van der Waals surface area (Å²) >= 11 is 0. The van der Waals surface area contributed by atoms with E-state index in [1.807, 2.05) is 31.3 Å². The van der Waals surface area contributed by atoms with Gasteiger partial charge in [-0.3, -0.25) is 10.1 Å². The van der Waals surface area contributed by atoms with E-state index >= 15 is 0 Å². The van der Waals surface area contributed by atoms with E-state index in [1.165, 1.54) is 0 Å². The first kappa shape index (κ1) is 15.4. The van der Waals surface area contributed by atoms with Crippen molar-refractivity contribution < 1.29 is 0 Å². The summed E-state index contributed by atoms with van der Waals surface area (Å²) in [7, 11) is 0. The van der Waals surface area contributed by atoms with E-state index in [4.69, 9.17) is 4.98 Å². The number of nitrogens with zero attached hydrogens (tertiary/aromatic N) is 6. The Bertz CT molecular complexity index is 1250. The number of anilines is 2. The molecule has 0 saturated heterocycles. The van der Waals surface area contributed by atoms with E-state index in [9.17, 15) is 0 Å². The predicted octanol–water partition coefficient (Wildman–Crippen LogP) is 2.66. The van der Waals surface area contributed by atoms with Crippen LogP contribution in [-0.4, -0.2) is 40.6 Å². The van der Waals surface area contributed by atoms with Gasteiger partial charge in [0.1, 0.15) is 17.3 Å². The zero-order valence-electron chi connectivity index (χ0n) is 14.4. The van der Waals surface area contributed by atoms with Crippen LogP contribution in [0.5, 0.6) is 0 Å². The highest BCUT2D eigenvalue weighted by molar-refractivity contribution is 5.90. The molecule has 9 nitrogen and oxygen atoms in total. The first-order valence-electron chi connectivity index (χ1n) is 8.43. The van der Waals surface area contributed by atoms with Gasteiger partial charge in [-0.2, -0.15) is 15.4 Å². The molecule has 0 saturated carbocycles. The van der Waals surface area contributed by atoms with Crippen molar-refractivity contribution >= 4 is 33.4 Å². The Labute approximate surface area is 153 Å². The molecule has 3 N–H and O–H groups in total. The number of aryl methyl sites for hydroxylation is 1. The lowest BCUT2D eigenvalue weighted by Gasteiger charge is -2.09. The van der Waals surface area contributed by atoms with E-state index in [2.05, 4.69) is 47.0 Å². The van der Waals surface area contributed by atoms with Crippen molar-refractivity contribution in [2.45, 2.75) is 13.3 Å². The molecule has 1 aromatic carbocycles. The molecule has 4 heterocycles. The Morgan fingerprint density at radius 1 is 1.04 bits per heavy atom. The zero-order valence-corrected chi connectivity index (χ0v) is 14.4. The third-order valence-electron chi connectivity index (χ3n) is 4.37. The second-order valence-corrected chi connectivity index (χ2v) is 6.23. The smallest absolute Gasteiger partial charge is 0.176 e. The SMILES string of the molecule is Cc1n[nH]nc1Nc1nc(Cc2ccc3[nH]ncc3c2)nc2cnccc12. The molecule has 4 aromatic heterocycles. The molecule has 0 bridgehead atoms. The van der Waals surface area contributed by atoms with E-state index < -0.39 is 0 Å². The Morgan fingerprint density at radius 2 is 2.00 bits per heavy atom. The average molecular weight is 357 g/mol. The van der Waals surface area contributed by atoms with E-state index in [-0.39, 0.29) is 0 Å². The van der Waals surface area contributed by atoms with Gasteiger partial charge in [0.05, 0.1) is 23.4 Å². The molecule has 0 atom stereocenters. The first-order chi connectivity index (χ1) is 13.3. The van der Waals surface area contributed by atoms with E-state index in [1.54, 1.807) is 12.4 Å². The predicted molar refractivity (Wildman–Crippen MR) is 101 cm³/mol. The highest BCUT2D eigenvalue weighted by Crippen LogP contribution is 2.24. The van der Waals surface area contributed by atoms with Gasteiger partial charge in [-0.15, -0.1) is 5.10 Å². The number of fused-ring (bicyclic) bond motifs is 2. The quantitative estimate of drug-likeness (QED) is 0.452. The first-order valence-corrected chi connectivity index (χ1v) is 8.43. The van der Waals surface area contributed by atoms with Gasteiger partial charge in [-0.1, -0.05) is 6.07 Å². The summed E-state index contributed by atoms with van der Waals surface area (Å²) in [5, 5.41) is 23.0. The van der Waals surface area contributed by atoms with E-state index in [0.717, 1.165) is 33.1 Å². The van der Waals surface area contributed by atoms with E-state index in [0.29, 0.717) is 23.9 Å². The third-order valence-corrected chi connectivity index (χ3v) is 4.37. The van der Waals surface area contributed by atoms with Crippen molar-refractivity contribution in [1.82, 2.24) is 40.6 Å². The van der Waals surface area contributed by atoms with Crippen LogP contribution in [0.1, 0.15) is 17.1 Å². The van der Waals surface area contributed by atoms with Gasteiger partial charge in [-0.05, 0) is 30.7 Å². The topological polar surface area (TPSA) is 121 Å². The van der Waals surface area contributed by atoms with Gasteiger partial charge < -0.3 is 5.32 Å². The van der Waals surface area contributed by atoms with Crippen molar-refractivity contribution in [2.24, 2.45) is 0 Å². The Hall–Kier alpha value is -3.88. The number of hydrogen-bond acceptors (Lipinski definition) is 7. The molecule has 132 valence electrons. The highest BCUT2D eigenvalue weighted by Gasteiger charge is 2.12. The van der Waals surface area contributed by atoms with Crippen molar-refractivity contribution in [2.75, 3.05) is 5.32 Å². The van der Waals surface area contributed by atoms with Crippen LogP contribution in [0.15, 0.2) is 42.9 Å². The molecule has 0 amide bonds. The van der Waals surface area contributed by atoms with Crippen LogP contribution < -0.4 is 5.32 Å². The van der Waals surface area contributed by atoms with Gasteiger partial charge in [-0.25, -0.2) is 9.97 Å². The molecular weight excluding hydrogens is 342 g/mol. The number of rotatable bonds is 4. The van der Waals surface area contributed by atoms with Crippen molar-refractivity contribution in [3.63, 3.8) is 0 Å². The summed E-state index contributed by atoms with van der Waals surface area (Å²) < 4.78 is 0. The molecule has 0 aliphatic carbocycles. The van der Waals surface area contributed by atoms with Gasteiger partial charge in [0.25, 0.3) is 0 Å². The van der Waals surface area contributed by atoms with Gasteiger partial charge >= 0.3 is 0 Å². The number of aromatic amines is 2. The standard InChI is InChI=1S/C18H15N9/c1-10-17(26-27-24-10)23-18-13-4-5-19-9-15(13)21-16(22-18)7-11-2-3-14-12(6-11)8-20-25-14/h2-6,8-9H,7H2,1H3,(H,20,25)(H2,21,22,23,24,26,27). The third kappa shape index (κ3) is 2.84. The summed E-state index contributed by atoms with van der Waals surface area (Å²) in [6, 6.07) is 8.03. The van der Waals surface area contributed by atoms with Gasteiger partial charge in [0.15, 0.2) is 5.82 Å². The van der Waals surface area contributed by atoms with Crippen LogP contribution in [0.2, 0.25) is 0 Å². The second-order valence-electron chi connectivity index (χ2n) is 6.23. The van der Waals surface area contributed by atoms with Crippen LogP contribution in [0.3, 0.4) is 0 Å². The minimum atomic E-state index is 0.596. The molecule has 5 rings (SSSR count). The second kappa shape index (κ2) is 6.13. The minimum absolute atomic E-state index is 0.596. The highest BCUT2D eigenvalue weighted by atomic mass is 15.4. The minimum Gasteiger partial charge on any atom is -0.321 e. The molecule has 0 spiro atoms. The molecular formula is C18H15N9. The van der Waals surface area contributed by atoms with Crippen LogP contribution in [0, 0.1) is 6.92 Å². The lowest BCUT2D eigenvalue weighted by molar-refractivity contribution is 0.929. The summed E-state index contributed by atoms with van der Waals surface area (Å²) in [6.07, 6.45) is 5.86. The fraction of sp³-hybridized carbons (Fsp3) is 0.111. The summed E-state index contributed by atoms with van der Waals surface area (Å²) in [5.41, 5.74) is 3.65. The van der Waals surface area contributed by atoms with Crippen LogP contribution in [0.25, 0.3) is 21.8 Å². The van der Waals surface area contributed by atoms with Crippen LogP contribution >= 0.6 is 0 Å². The fourth-order valence-electron chi connectivity index (χ4n) is 3.00. The maximum atomic E-state index is 4.72. The Kier molecular flexibility index (Phi) is 3.49. The maximum Gasteiger partial charge on any atom is 0.176 e. The normalized spacial score (nSPS) is 11.3. The molecule has 0 unspecified atom stereocenters. The van der Waals surface area contributed by atoms with Crippen molar-refractivity contribution in [3.8, 4) is 0 Å².